The zero-order chi connectivity index (χ0) is 13.9. The molecule has 1 fully saturated rings. The molecule has 0 bridgehead atoms. The molecule has 1 N–H and O–H groups in total. The van der Waals surface area contributed by atoms with Crippen molar-refractivity contribution >= 4 is 42.1 Å². The highest BCUT2D eigenvalue weighted by atomic mass is 35.5. The normalized spacial score (nSPS) is 17.3. The van der Waals surface area contributed by atoms with Gasteiger partial charge in [-0.1, -0.05) is 0 Å². The number of piperazine rings is 1. The zero-order valence-corrected chi connectivity index (χ0v) is 14.4. The van der Waals surface area contributed by atoms with Crippen molar-refractivity contribution in [3.63, 3.8) is 0 Å². The van der Waals surface area contributed by atoms with Crippen molar-refractivity contribution < 1.29 is 4.79 Å². The first kappa shape index (κ1) is 18.8. The number of hydrogen-bond acceptors (Lipinski definition) is 6. The summed E-state index contributed by atoms with van der Waals surface area (Å²) < 4.78 is 0. The number of nitrogens with zero attached hydrogens (tertiary/aromatic N) is 4. The fourth-order valence-electron chi connectivity index (χ4n) is 2.19. The summed E-state index contributed by atoms with van der Waals surface area (Å²) in [7, 11) is 0. The van der Waals surface area contributed by atoms with E-state index in [0.717, 1.165) is 24.6 Å². The van der Waals surface area contributed by atoms with Gasteiger partial charge in [0.15, 0.2) is 0 Å². The fourth-order valence-corrected chi connectivity index (χ4v) is 2.94. The van der Waals surface area contributed by atoms with Crippen molar-refractivity contribution in [1.29, 1.82) is 0 Å². The van der Waals surface area contributed by atoms with E-state index in [2.05, 4.69) is 20.3 Å². The predicted molar refractivity (Wildman–Crippen MR) is 91.0 cm³/mol. The van der Waals surface area contributed by atoms with Gasteiger partial charge < -0.3 is 10.2 Å². The average molecular weight is 362 g/mol. The van der Waals surface area contributed by atoms with E-state index < -0.39 is 0 Å². The number of amides is 1. The van der Waals surface area contributed by atoms with Gasteiger partial charge >= 0.3 is 0 Å². The lowest BCUT2D eigenvalue weighted by Crippen LogP contribution is -2.52. The van der Waals surface area contributed by atoms with Crippen LogP contribution in [0.5, 0.6) is 0 Å². The second-order valence-corrected chi connectivity index (χ2v) is 5.54. The van der Waals surface area contributed by atoms with Crippen molar-refractivity contribution in [3.8, 4) is 10.7 Å². The highest BCUT2D eigenvalue weighted by Gasteiger charge is 2.25. The van der Waals surface area contributed by atoms with Gasteiger partial charge in [0.05, 0.1) is 6.20 Å². The van der Waals surface area contributed by atoms with Gasteiger partial charge in [-0.3, -0.25) is 14.8 Å². The van der Waals surface area contributed by atoms with Gasteiger partial charge in [-0.2, -0.15) is 0 Å². The van der Waals surface area contributed by atoms with E-state index in [1.165, 1.54) is 11.3 Å². The first-order valence-corrected chi connectivity index (χ1v) is 7.37. The van der Waals surface area contributed by atoms with E-state index >= 15 is 0 Å². The molecule has 1 aliphatic heterocycles. The van der Waals surface area contributed by atoms with Crippen LogP contribution in [0.15, 0.2) is 24.0 Å². The Bertz CT molecular complexity index is 609. The van der Waals surface area contributed by atoms with Crippen LogP contribution in [0.1, 0.15) is 17.4 Å². The molecule has 22 heavy (non-hydrogen) atoms. The van der Waals surface area contributed by atoms with E-state index in [1.807, 2.05) is 11.8 Å². The first-order chi connectivity index (χ1) is 9.75. The summed E-state index contributed by atoms with van der Waals surface area (Å²) in [5.74, 6) is -0.00890. The molecule has 0 aromatic carbocycles. The molecule has 3 heterocycles. The summed E-state index contributed by atoms with van der Waals surface area (Å²) >= 11 is 1.42. The Morgan fingerprint density at radius 3 is 2.91 bits per heavy atom. The smallest absolute Gasteiger partial charge is 0.273 e. The molecule has 3 rings (SSSR count). The number of nitrogens with one attached hydrogen (secondary N) is 1. The SMILES string of the molecule is C[C@@H]1CNCCN1C(=O)c1csc(-c2cnccn2)n1.Cl.Cl. The van der Waals surface area contributed by atoms with Gasteiger partial charge in [0, 0.05) is 43.4 Å². The zero-order valence-electron chi connectivity index (χ0n) is 11.9. The summed E-state index contributed by atoms with van der Waals surface area (Å²) in [5, 5.41) is 5.79. The van der Waals surface area contributed by atoms with Gasteiger partial charge in [0.2, 0.25) is 0 Å². The third-order valence-electron chi connectivity index (χ3n) is 3.27. The summed E-state index contributed by atoms with van der Waals surface area (Å²) in [6, 6.07) is 0.193. The van der Waals surface area contributed by atoms with Gasteiger partial charge in [-0.15, -0.1) is 36.2 Å². The lowest BCUT2D eigenvalue weighted by Gasteiger charge is -2.33. The maximum absolute atomic E-state index is 12.5. The number of halogens is 2. The molecule has 120 valence electrons. The number of aromatic nitrogens is 3. The largest absolute Gasteiger partial charge is 0.332 e. The number of hydrogen-bond donors (Lipinski definition) is 1. The molecular weight excluding hydrogens is 345 g/mol. The summed E-state index contributed by atoms with van der Waals surface area (Å²) in [4.78, 5) is 26.9. The van der Waals surface area contributed by atoms with E-state index in [-0.39, 0.29) is 36.8 Å². The summed E-state index contributed by atoms with van der Waals surface area (Å²) in [6.07, 6.45) is 4.89. The minimum Gasteiger partial charge on any atom is -0.332 e. The van der Waals surface area contributed by atoms with Crippen molar-refractivity contribution in [1.82, 2.24) is 25.2 Å². The van der Waals surface area contributed by atoms with Crippen LogP contribution in [0.2, 0.25) is 0 Å². The van der Waals surface area contributed by atoms with Gasteiger partial charge in [-0.05, 0) is 6.92 Å². The lowest BCUT2D eigenvalue weighted by molar-refractivity contribution is 0.0650. The lowest BCUT2D eigenvalue weighted by atomic mass is 10.2. The maximum atomic E-state index is 12.5. The van der Waals surface area contributed by atoms with E-state index in [1.54, 1.807) is 24.0 Å². The highest BCUT2D eigenvalue weighted by molar-refractivity contribution is 7.13. The summed E-state index contributed by atoms with van der Waals surface area (Å²) in [6.45, 7) is 4.42. The molecule has 0 unspecified atom stereocenters. The molecule has 1 aliphatic rings. The van der Waals surface area contributed by atoms with Crippen LogP contribution in [0.4, 0.5) is 0 Å². The molecular formula is C13H17Cl2N5OS. The Labute approximate surface area is 145 Å². The minimum atomic E-state index is -0.00890. The van der Waals surface area contributed by atoms with Gasteiger partial charge in [0.1, 0.15) is 16.4 Å². The second kappa shape index (κ2) is 8.38. The molecule has 0 radical (unpaired) electrons. The topological polar surface area (TPSA) is 71.0 Å². The highest BCUT2D eigenvalue weighted by Crippen LogP contribution is 2.22. The molecule has 9 heteroatoms. The number of carbonyl (C=O) groups is 1. The molecule has 6 nitrogen and oxygen atoms in total. The molecule has 2 aromatic rings. The predicted octanol–water partition coefficient (Wildman–Crippen LogP) is 1.88. The molecule has 1 amide bonds. The van der Waals surface area contributed by atoms with Crippen molar-refractivity contribution in [2.75, 3.05) is 19.6 Å². The third kappa shape index (κ3) is 3.92. The number of carbonyl (C=O) groups excluding carboxylic acids is 1. The van der Waals surface area contributed by atoms with Crippen LogP contribution in [0.25, 0.3) is 10.7 Å². The van der Waals surface area contributed by atoms with Crippen molar-refractivity contribution in [2.45, 2.75) is 13.0 Å². The first-order valence-electron chi connectivity index (χ1n) is 6.49. The van der Waals surface area contributed by atoms with Crippen molar-refractivity contribution in [2.24, 2.45) is 0 Å². The van der Waals surface area contributed by atoms with E-state index in [9.17, 15) is 4.79 Å². The quantitative estimate of drug-likeness (QED) is 0.883. The van der Waals surface area contributed by atoms with Crippen LogP contribution >= 0.6 is 36.2 Å². The molecule has 0 saturated carbocycles. The van der Waals surface area contributed by atoms with Crippen LogP contribution in [0.3, 0.4) is 0 Å². The molecule has 1 atom stereocenters. The van der Waals surface area contributed by atoms with Gasteiger partial charge in [0.25, 0.3) is 5.91 Å². The van der Waals surface area contributed by atoms with Gasteiger partial charge in [-0.25, -0.2) is 4.98 Å². The Kier molecular flexibility index (Phi) is 7.15. The van der Waals surface area contributed by atoms with Crippen LogP contribution in [0, 0.1) is 0 Å². The fraction of sp³-hybridized carbons (Fsp3) is 0.385. The Hall–Kier alpha value is -1.28. The average Bonchev–Trinajstić information content (AvgIpc) is 2.98. The van der Waals surface area contributed by atoms with E-state index in [4.69, 9.17) is 0 Å². The maximum Gasteiger partial charge on any atom is 0.273 e. The Balaban J connectivity index is 0.00000121. The molecule has 0 aliphatic carbocycles. The molecule has 0 spiro atoms. The monoisotopic (exact) mass is 361 g/mol. The second-order valence-electron chi connectivity index (χ2n) is 4.68. The standard InChI is InChI=1S/C13H15N5OS.2ClH/c1-9-6-15-4-5-18(9)13(19)11-8-20-12(17-11)10-7-14-2-3-16-10;;/h2-3,7-9,15H,4-6H2,1H3;2*1H/t9-;;/m1../s1. The van der Waals surface area contributed by atoms with Crippen molar-refractivity contribution in [3.05, 3.63) is 29.7 Å². The number of rotatable bonds is 2. The molecule has 1 saturated heterocycles. The third-order valence-corrected chi connectivity index (χ3v) is 4.13. The number of thiazole rings is 1. The van der Waals surface area contributed by atoms with E-state index in [0.29, 0.717) is 11.4 Å². The van der Waals surface area contributed by atoms with Crippen LogP contribution in [-0.4, -0.2) is 51.4 Å². The van der Waals surface area contributed by atoms with Crippen LogP contribution in [-0.2, 0) is 0 Å². The summed E-state index contributed by atoms with van der Waals surface area (Å²) in [5.41, 5.74) is 1.19. The van der Waals surface area contributed by atoms with Crippen LogP contribution < -0.4 is 5.32 Å². The minimum absolute atomic E-state index is 0. The Morgan fingerprint density at radius 1 is 1.41 bits per heavy atom. The molecule has 2 aromatic heterocycles. The Morgan fingerprint density at radius 2 is 2.23 bits per heavy atom.